The average molecular weight is 472 g/mol. The molecule has 31 heavy (non-hydrogen) atoms. The minimum absolute atomic E-state index is 0.0225. The molecule has 0 saturated carbocycles. The summed E-state index contributed by atoms with van der Waals surface area (Å²) in [6, 6.07) is 17.9. The van der Waals surface area contributed by atoms with Gasteiger partial charge in [0, 0.05) is 16.3 Å². The summed E-state index contributed by atoms with van der Waals surface area (Å²) in [5.74, 6) is 0.0758. The Bertz CT molecular complexity index is 1280. The zero-order valence-electron chi connectivity index (χ0n) is 16.7. The molecule has 3 aromatic carbocycles. The van der Waals surface area contributed by atoms with E-state index in [0.29, 0.717) is 32.3 Å². The minimum atomic E-state index is -0.419. The van der Waals surface area contributed by atoms with Gasteiger partial charge in [-0.15, -0.1) is 5.10 Å². The van der Waals surface area contributed by atoms with Crippen LogP contribution in [0.4, 0.5) is 5.69 Å². The lowest BCUT2D eigenvalue weighted by atomic mass is 10.1. The van der Waals surface area contributed by atoms with Crippen molar-refractivity contribution in [3.8, 4) is 17.1 Å². The maximum absolute atomic E-state index is 12.9. The summed E-state index contributed by atoms with van der Waals surface area (Å²) in [7, 11) is 0. The largest absolute Gasteiger partial charge is 0.319 e. The van der Waals surface area contributed by atoms with Crippen LogP contribution >= 0.6 is 34.8 Å². The topological polar surface area (TPSA) is 59.8 Å². The molecule has 0 aliphatic carbocycles. The highest BCUT2D eigenvalue weighted by atomic mass is 35.5. The van der Waals surface area contributed by atoms with Gasteiger partial charge in [-0.2, -0.15) is 0 Å². The van der Waals surface area contributed by atoms with Crippen molar-refractivity contribution in [2.24, 2.45) is 0 Å². The number of hydrogen-bond acceptors (Lipinski definition) is 3. The Morgan fingerprint density at radius 3 is 2.29 bits per heavy atom. The van der Waals surface area contributed by atoms with E-state index in [1.807, 2.05) is 44.2 Å². The van der Waals surface area contributed by atoms with Crippen LogP contribution in [0.5, 0.6) is 0 Å². The smallest absolute Gasteiger partial charge is 0.295 e. The number of nitrogens with one attached hydrogen (secondary N) is 1. The summed E-state index contributed by atoms with van der Waals surface area (Å²) in [6.45, 7) is 4.00. The number of nitrogens with zero attached hydrogens (tertiary/aromatic N) is 3. The first-order chi connectivity index (χ1) is 14.8. The molecule has 0 aliphatic rings. The van der Waals surface area contributed by atoms with Crippen molar-refractivity contribution in [2.45, 2.75) is 13.8 Å². The average Bonchev–Trinajstić information content (AvgIpc) is 3.19. The fourth-order valence-corrected chi connectivity index (χ4v) is 3.42. The molecule has 1 amide bonds. The lowest BCUT2D eigenvalue weighted by Gasteiger charge is -2.07. The van der Waals surface area contributed by atoms with Gasteiger partial charge in [-0.1, -0.05) is 40.9 Å². The molecule has 5 nitrogen and oxygen atoms in total. The van der Waals surface area contributed by atoms with Crippen molar-refractivity contribution in [1.29, 1.82) is 0 Å². The number of carbonyl (C=O) groups is 1. The third-order valence-corrected chi connectivity index (χ3v) is 5.82. The molecule has 0 fully saturated rings. The maximum atomic E-state index is 12.9. The minimum Gasteiger partial charge on any atom is -0.319 e. The van der Waals surface area contributed by atoms with E-state index in [0.717, 1.165) is 16.7 Å². The highest BCUT2D eigenvalue weighted by molar-refractivity contribution is 6.42. The van der Waals surface area contributed by atoms with Crippen LogP contribution < -0.4 is 5.32 Å². The molecular formula is C23H17Cl3N4O. The first-order valence-corrected chi connectivity index (χ1v) is 10.5. The van der Waals surface area contributed by atoms with Crippen LogP contribution in [0.25, 0.3) is 17.1 Å². The summed E-state index contributed by atoms with van der Waals surface area (Å²) in [4.78, 5) is 17.4. The standard InChI is InChI=1S/C23H17Cl3N4O/c1-13-3-8-17(11-14(13)2)27-23(31)21-28-22(15-4-6-16(24)7-5-15)30(29-21)18-9-10-19(25)20(26)12-18/h3-12H,1-2H3,(H,27,31). The maximum Gasteiger partial charge on any atom is 0.295 e. The predicted octanol–water partition coefficient (Wildman–Crippen LogP) is 6.76. The highest BCUT2D eigenvalue weighted by Gasteiger charge is 2.19. The van der Waals surface area contributed by atoms with Crippen LogP contribution in [-0.2, 0) is 0 Å². The third-order valence-electron chi connectivity index (χ3n) is 4.83. The van der Waals surface area contributed by atoms with Gasteiger partial charge in [-0.05, 0) is 79.6 Å². The summed E-state index contributed by atoms with van der Waals surface area (Å²) >= 11 is 18.3. The number of rotatable bonds is 4. The first kappa shape index (κ1) is 21.4. The number of carbonyl (C=O) groups excluding carboxylic acids is 1. The lowest BCUT2D eigenvalue weighted by molar-refractivity contribution is 0.101. The number of hydrogen-bond donors (Lipinski definition) is 1. The van der Waals surface area contributed by atoms with Crippen molar-refractivity contribution in [3.63, 3.8) is 0 Å². The van der Waals surface area contributed by atoms with Crippen molar-refractivity contribution in [2.75, 3.05) is 5.32 Å². The Morgan fingerprint density at radius 1 is 0.871 bits per heavy atom. The molecule has 4 aromatic rings. The Hall–Kier alpha value is -2.86. The Morgan fingerprint density at radius 2 is 1.61 bits per heavy atom. The van der Waals surface area contributed by atoms with Crippen molar-refractivity contribution >= 4 is 46.4 Å². The van der Waals surface area contributed by atoms with E-state index >= 15 is 0 Å². The quantitative estimate of drug-likeness (QED) is 0.357. The molecule has 4 rings (SSSR count). The number of anilines is 1. The van der Waals surface area contributed by atoms with E-state index < -0.39 is 5.91 Å². The Labute approximate surface area is 194 Å². The van der Waals surface area contributed by atoms with Crippen LogP contribution in [0, 0.1) is 13.8 Å². The van der Waals surface area contributed by atoms with Gasteiger partial charge in [0.2, 0.25) is 5.82 Å². The zero-order valence-corrected chi connectivity index (χ0v) is 18.9. The summed E-state index contributed by atoms with van der Waals surface area (Å²) < 4.78 is 1.56. The van der Waals surface area contributed by atoms with Gasteiger partial charge in [-0.3, -0.25) is 4.79 Å². The third kappa shape index (κ3) is 4.59. The SMILES string of the molecule is Cc1ccc(NC(=O)c2nc(-c3ccc(Cl)cc3)n(-c3ccc(Cl)c(Cl)c3)n2)cc1C. The second-order valence-corrected chi connectivity index (χ2v) is 8.28. The number of aromatic nitrogens is 3. The summed E-state index contributed by atoms with van der Waals surface area (Å²) in [6.07, 6.45) is 0. The molecule has 0 unspecified atom stereocenters. The molecule has 0 spiro atoms. The summed E-state index contributed by atoms with van der Waals surface area (Å²) in [5.41, 5.74) is 4.26. The van der Waals surface area contributed by atoms with Gasteiger partial charge in [0.05, 0.1) is 15.7 Å². The highest BCUT2D eigenvalue weighted by Crippen LogP contribution is 2.28. The molecule has 0 saturated heterocycles. The Balaban J connectivity index is 1.76. The first-order valence-electron chi connectivity index (χ1n) is 9.39. The van der Waals surface area contributed by atoms with E-state index in [9.17, 15) is 4.79 Å². The number of halogens is 3. The zero-order chi connectivity index (χ0) is 22.1. The van der Waals surface area contributed by atoms with Crippen LogP contribution in [0.1, 0.15) is 21.7 Å². The molecule has 0 bridgehead atoms. The molecule has 1 N–H and O–H groups in total. The fraction of sp³-hybridized carbons (Fsp3) is 0.0870. The second kappa shape index (κ2) is 8.71. The van der Waals surface area contributed by atoms with Gasteiger partial charge in [0.15, 0.2) is 5.82 Å². The molecule has 1 heterocycles. The number of aryl methyl sites for hydroxylation is 2. The second-order valence-electron chi connectivity index (χ2n) is 7.03. The fourth-order valence-electron chi connectivity index (χ4n) is 3.00. The normalized spacial score (nSPS) is 10.9. The van der Waals surface area contributed by atoms with Crippen LogP contribution in [0.3, 0.4) is 0 Å². The molecule has 0 atom stereocenters. The number of benzene rings is 3. The van der Waals surface area contributed by atoms with Gasteiger partial charge in [0.25, 0.3) is 5.91 Å². The van der Waals surface area contributed by atoms with Crippen LogP contribution in [0.2, 0.25) is 15.1 Å². The van der Waals surface area contributed by atoms with Crippen LogP contribution in [-0.4, -0.2) is 20.7 Å². The van der Waals surface area contributed by atoms with Crippen LogP contribution in [0.15, 0.2) is 60.7 Å². The molecule has 0 aliphatic heterocycles. The van der Waals surface area contributed by atoms with Gasteiger partial charge in [0.1, 0.15) is 0 Å². The molecular weight excluding hydrogens is 455 g/mol. The van der Waals surface area contributed by atoms with Gasteiger partial charge in [-0.25, -0.2) is 9.67 Å². The number of amides is 1. The van der Waals surface area contributed by atoms with E-state index in [2.05, 4.69) is 15.4 Å². The molecule has 0 radical (unpaired) electrons. The molecule has 156 valence electrons. The van der Waals surface area contributed by atoms with E-state index in [-0.39, 0.29) is 5.82 Å². The Kier molecular flexibility index (Phi) is 6.01. The van der Waals surface area contributed by atoms with Gasteiger partial charge >= 0.3 is 0 Å². The van der Waals surface area contributed by atoms with Crippen molar-refractivity contribution < 1.29 is 4.79 Å². The van der Waals surface area contributed by atoms with E-state index in [4.69, 9.17) is 34.8 Å². The van der Waals surface area contributed by atoms with E-state index in [1.165, 1.54) is 0 Å². The van der Waals surface area contributed by atoms with Crippen molar-refractivity contribution in [1.82, 2.24) is 14.8 Å². The van der Waals surface area contributed by atoms with E-state index in [1.54, 1.807) is 35.0 Å². The molecule has 8 heteroatoms. The molecule has 1 aromatic heterocycles. The monoisotopic (exact) mass is 470 g/mol. The predicted molar refractivity (Wildman–Crippen MR) is 126 cm³/mol. The summed E-state index contributed by atoms with van der Waals surface area (Å²) in [5, 5.41) is 8.69. The lowest BCUT2D eigenvalue weighted by Crippen LogP contribution is -2.14. The van der Waals surface area contributed by atoms with Gasteiger partial charge < -0.3 is 5.32 Å². The van der Waals surface area contributed by atoms with Crippen molar-refractivity contribution in [3.05, 3.63) is 92.7 Å².